The van der Waals surface area contributed by atoms with Crippen LogP contribution in [0.4, 0.5) is 0 Å². The normalized spacial score (nSPS) is 32.7. The molecule has 1 saturated heterocycles. The summed E-state index contributed by atoms with van der Waals surface area (Å²) in [4.78, 5) is 9.01. The summed E-state index contributed by atoms with van der Waals surface area (Å²) in [6, 6.07) is 0.500. The smallest absolute Gasteiger partial charge is 0.223 e. The lowest BCUT2D eigenvalue weighted by Crippen LogP contribution is -2.45. The van der Waals surface area contributed by atoms with Crippen LogP contribution in [0.25, 0.3) is 0 Å². The lowest BCUT2D eigenvalue weighted by Gasteiger charge is -2.38. The number of hydrogen-bond acceptors (Lipinski definition) is 6. The van der Waals surface area contributed by atoms with E-state index in [0.717, 1.165) is 70.0 Å². The third kappa shape index (κ3) is 4.31. The van der Waals surface area contributed by atoms with Crippen LogP contribution >= 0.6 is 0 Å². The molecule has 0 spiro atoms. The minimum atomic E-state index is -0.468. The Morgan fingerprint density at radius 1 is 1.35 bits per heavy atom. The van der Waals surface area contributed by atoms with Crippen LogP contribution in [0.15, 0.2) is 4.52 Å². The number of likely N-dealkylation sites (N-methyl/N-ethyl adjacent to an activating group) is 1. The van der Waals surface area contributed by atoms with E-state index in [2.05, 4.69) is 33.9 Å². The molecule has 1 atom stereocenters. The van der Waals surface area contributed by atoms with E-state index in [9.17, 15) is 5.11 Å². The van der Waals surface area contributed by atoms with Crippen LogP contribution in [-0.2, 0) is 6.54 Å². The summed E-state index contributed by atoms with van der Waals surface area (Å²) < 4.78 is 5.04. The second kappa shape index (κ2) is 6.87. The molecule has 23 heavy (non-hydrogen) atoms. The number of rotatable bonds is 5. The zero-order valence-electron chi connectivity index (χ0n) is 14.7. The van der Waals surface area contributed by atoms with E-state index in [1.807, 2.05) is 6.92 Å². The van der Waals surface area contributed by atoms with Crippen molar-refractivity contribution in [3.63, 3.8) is 0 Å². The highest BCUT2D eigenvalue weighted by Gasteiger charge is 2.36. The number of hydrogen-bond donors (Lipinski definition) is 1. The van der Waals surface area contributed by atoms with Gasteiger partial charge < -0.3 is 9.63 Å². The number of aliphatic hydroxyl groups is 1. The summed E-state index contributed by atoms with van der Waals surface area (Å²) in [5.41, 5.74) is -0.468. The van der Waals surface area contributed by atoms with E-state index >= 15 is 0 Å². The van der Waals surface area contributed by atoms with Gasteiger partial charge in [-0.2, -0.15) is 4.98 Å². The van der Waals surface area contributed by atoms with Gasteiger partial charge in [0.15, 0.2) is 5.82 Å². The Kier molecular flexibility index (Phi) is 5.04. The Bertz CT molecular complexity index is 510. The first kappa shape index (κ1) is 16.9. The van der Waals surface area contributed by atoms with Crippen molar-refractivity contribution in [2.24, 2.45) is 5.92 Å². The van der Waals surface area contributed by atoms with Crippen LogP contribution in [0, 0.1) is 12.8 Å². The molecule has 0 radical (unpaired) electrons. The standard InChI is InChI=1S/C17H30N4O2/c1-13-4-7-17(22,8-5-13)12-21-9-6-15(10-21)20(3)11-16-18-14(2)23-19-16/h13,15,22H,4-12H2,1-3H3/t13?,15-,17?/m0/s1. The Labute approximate surface area is 138 Å². The predicted octanol–water partition coefficient (Wildman–Crippen LogP) is 1.83. The molecule has 1 aliphatic heterocycles. The molecule has 2 fully saturated rings. The molecular weight excluding hydrogens is 292 g/mol. The molecule has 1 aromatic heterocycles. The van der Waals surface area contributed by atoms with Crippen molar-refractivity contribution in [2.75, 3.05) is 26.7 Å². The van der Waals surface area contributed by atoms with Gasteiger partial charge in [-0.05, 0) is 51.6 Å². The van der Waals surface area contributed by atoms with E-state index in [1.165, 1.54) is 0 Å². The maximum atomic E-state index is 10.8. The highest BCUT2D eigenvalue weighted by atomic mass is 16.5. The first-order chi connectivity index (χ1) is 10.9. The Balaban J connectivity index is 1.48. The number of aryl methyl sites for hydroxylation is 1. The second-order valence-electron chi connectivity index (χ2n) is 7.73. The molecule has 2 heterocycles. The van der Waals surface area contributed by atoms with E-state index in [-0.39, 0.29) is 0 Å². The first-order valence-electron chi connectivity index (χ1n) is 8.88. The fourth-order valence-corrected chi connectivity index (χ4v) is 3.95. The van der Waals surface area contributed by atoms with Crippen LogP contribution < -0.4 is 0 Å². The van der Waals surface area contributed by atoms with Crippen LogP contribution in [-0.4, -0.2) is 63.4 Å². The van der Waals surface area contributed by atoms with Gasteiger partial charge in [0.1, 0.15) is 0 Å². The molecule has 0 unspecified atom stereocenters. The SMILES string of the molecule is Cc1nc(CN(C)[C@H]2CCN(CC3(O)CCC(C)CC3)C2)no1. The van der Waals surface area contributed by atoms with Gasteiger partial charge >= 0.3 is 0 Å². The van der Waals surface area contributed by atoms with Gasteiger partial charge in [-0.1, -0.05) is 12.1 Å². The number of β-amino-alcohol motifs (C(OH)–C–C–N with tert-alkyl or cyclic N) is 1. The third-order valence-corrected chi connectivity index (χ3v) is 5.55. The van der Waals surface area contributed by atoms with Crippen LogP contribution in [0.5, 0.6) is 0 Å². The lowest BCUT2D eigenvalue weighted by atomic mass is 9.79. The van der Waals surface area contributed by atoms with Gasteiger partial charge in [-0.25, -0.2) is 0 Å². The van der Waals surface area contributed by atoms with E-state index in [0.29, 0.717) is 11.9 Å². The summed E-state index contributed by atoms with van der Waals surface area (Å²) in [6.07, 6.45) is 5.36. The largest absolute Gasteiger partial charge is 0.389 e. The summed E-state index contributed by atoms with van der Waals surface area (Å²) in [7, 11) is 2.12. The molecule has 1 aromatic rings. The van der Waals surface area contributed by atoms with Gasteiger partial charge in [0.05, 0.1) is 12.1 Å². The Hall–Kier alpha value is -0.980. The van der Waals surface area contributed by atoms with E-state index in [1.54, 1.807) is 0 Å². The molecule has 6 nitrogen and oxygen atoms in total. The molecule has 0 aromatic carbocycles. The maximum absolute atomic E-state index is 10.8. The van der Waals surface area contributed by atoms with Gasteiger partial charge in [0.2, 0.25) is 5.89 Å². The van der Waals surface area contributed by atoms with Gasteiger partial charge in [-0.3, -0.25) is 9.80 Å². The fourth-order valence-electron chi connectivity index (χ4n) is 3.95. The van der Waals surface area contributed by atoms with E-state index in [4.69, 9.17) is 4.52 Å². The summed E-state index contributed by atoms with van der Waals surface area (Å²) >= 11 is 0. The van der Waals surface area contributed by atoms with Crippen molar-refractivity contribution >= 4 is 0 Å². The zero-order valence-corrected chi connectivity index (χ0v) is 14.7. The minimum absolute atomic E-state index is 0.468. The maximum Gasteiger partial charge on any atom is 0.223 e. The summed E-state index contributed by atoms with van der Waals surface area (Å²) in [5.74, 6) is 2.14. The Morgan fingerprint density at radius 2 is 2.09 bits per heavy atom. The second-order valence-corrected chi connectivity index (χ2v) is 7.73. The molecule has 1 N–H and O–H groups in total. The molecule has 1 saturated carbocycles. The van der Waals surface area contributed by atoms with Crippen LogP contribution in [0.1, 0.15) is 50.7 Å². The van der Waals surface area contributed by atoms with Crippen molar-refractivity contribution in [3.05, 3.63) is 11.7 Å². The molecule has 0 bridgehead atoms. The van der Waals surface area contributed by atoms with Crippen molar-refractivity contribution in [3.8, 4) is 0 Å². The Morgan fingerprint density at radius 3 is 2.74 bits per heavy atom. The van der Waals surface area contributed by atoms with Crippen LogP contribution in [0.2, 0.25) is 0 Å². The van der Waals surface area contributed by atoms with Gasteiger partial charge in [0.25, 0.3) is 0 Å². The lowest BCUT2D eigenvalue weighted by molar-refractivity contribution is -0.0316. The van der Waals surface area contributed by atoms with Crippen molar-refractivity contribution in [1.82, 2.24) is 19.9 Å². The first-order valence-corrected chi connectivity index (χ1v) is 8.88. The molecule has 2 aliphatic rings. The van der Waals surface area contributed by atoms with Crippen LogP contribution in [0.3, 0.4) is 0 Å². The highest BCUT2D eigenvalue weighted by molar-refractivity contribution is 4.92. The van der Waals surface area contributed by atoms with Crippen molar-refractivity contribution in [1.29, 1.82) is 0 Å². The fraction of sp³-hybridized carbons (Fsp3) is 0.882. The van der Waals surface area contributed by atoms with Gasteiger partial charge in [0, 0.05) is 26.1 Å². The number of likely N-dealkylation sites (tertiary alicyclic amines) is 1. The molecule has 130 valence electrons. The predicted molar refractivity (Wildman–Crippen MR) is 87.9 cm³/mol. The molecule has 3 rings (SSSR count). The van der Waals surface area contributed by atoms with Crippen molar-refractivity contribution < 1.29 is 9.63 Å². The molecule has 6 heteroatoms. The average molecular weight is 322 g/mol. The summed E-state index contributed by atoms with van der Waals surface area (Å²) in [5, 5.41) is 14.8. The quantitative estimate of drug-likeness (QED) is 0.892. The molecule has 0 amide bonds. The minimum Gasteiger partial charge on any atom is -0.389 e. The average Bonchev–Trinajstić information content (AvgIpc) is 3.12. The molecular formula is C17H30N4O2. The number of aromatic nitrogens is 2. The number of nitrogens with zero attached hydrogens (tertiary/aromatic N) is 4. The van der Waals surface area contributed by atoms with E-state index < -0.39 is 5.60 Å². The highest BCUT2D eigenvalue weighted by Crippen LogP contribution is 2.33. The van der Waals surface area contributed by atoms with Crippen molar-refractivity contribution in [2.45, 2.75) is 64.1 Å². The summed E-state index contributed by atoms with van der Waals surface area (Å²) in [6.45, 7) is 7.74. The molecule has 1 aliphatic carbocycles. The monoisotopic (exact) mass is 322 g/mol. The third-order valence-electron chi connectivity index (χ3n) is 5.55. The topological polar surface area (TPSA) is 65.6 Å². The zero-order chi connectivity index (χ0) is 16.4. The van der Waals surface area contributed by atoms with Gasteiger partial charge in [-0.15, -0.1) is 0 Å².